The Balaban J connectivity index is 0.988. The van der Waals surface area contributed by atoms with E-state index in [4.69, 9.17) is 13.8 Å². The van der Waals surface area contributed by atoms with E-state index in [0.717, 1.165) is 56.8 Å². The van der Waals surface area contributed by atoms with Crippen molar-refractivity contribution < 1.29 is 18.9 Å². The van der Waals surface area contributed by atoms with Crippen LogP contribution in [0.1, 0.15) is 37.3 Å². The summed E-state index contributed by atoms with van der Waals surface area (Å²) in [5, 5.41) is 22.6. The number of piperidine rings is 1. The van der Waals surface area contributed by atoms with Crippen LogP contribution in [0.4, 0.5) is 0 Å². The Kier molecular flexibility index (Phi) is 5.53. The first kappa shape index (κ1) is 22.0. The Bertz CT molecular complexity index is 1490. The summed E-state index contributed by atoms with van der Waals surface area (Å²) in [5.41, 5.74) is 4.53. The first-order valence-electron chi connectivity index (χ1n) is 12.6. The highest BCUT2D eigenvalue weighted by Gasteiger charge is 2.42. The molecule has 3 aromatic heterocycles. The molecule has 8 heteroatoms. The Hall–Kier alpha value is -3.20. The highest BCUT2D eigenvalue weighted by Crippen LogP contribution is 2.44. The van der Waals surface area contributed by atoms with E-state index in [2.05, 4.69) is 21.3 Å². The van der Waals surface area contributed by atoms with Gasteiger partial charge in [-0.25, -0.2) is 0 Å². The molecule has 5 heterocycles. The van der Waals surface area contributed by atoms with Gasteiger partial charge in [-0.05, 0) is 61.4 Å². The summed E-state index contributed by atoms with van der Waals surface area (Å²) >= 11 is 1.61. The Labute approximate surface area is 212 Å². The van der Waals surface area contributed by atoms with Gasteiger partial charge in [0.1, 0.15) is 28.9 Å². The van der Waals surface area contributed by atoms with Crippen molar-refractivity contribution in [3.05, 3.63) is 65.7 Å². The number of para-hydroxylation sites is 1. The van der Waals surface area contributed by atoms with Gasteiger partial charge in [0.25, 0.3) is 0 Å². The fourth-order valence-electron chi connectivity index (χ4n) is 6.08. The van der Waals surface area contributed by atoms with Gasteiger partial charge in [0.05, 0.1) is 5.69 Å². The highest BCUT2D eigenvalue weighted by molar-refractivity contribution is 7.17. The standard InChI is InChI=1S/C28H27N3O4S/c32-21(16-33-22-5-3-4-17(14-22)27-28-25(35-30-27)10-11-36-28)15-31-19-8-9-20(31)13-18(12-19)26-23-6-1-2-7-24(23)34-29-26/h1-7,10-11,14,18-21,32H,8-9,12-13,15-16H2/t18?,19?,20?,21-/m1/s1. The minimum atomic E-state index is -0.558. The molecule has 0 spiro atoms. The maximum absolute atomic E-state index is 10.9. The number of aliphatic hydroxyl groups excluding tert-OH is 1. The van der Waals surface area contributed by atoms with Gasteiger partial charge in [0.15, 0.2) is 11.2 Å². The number of ether oxygens (including phenoxy) is 1. The molecule has 2 unspecified atom stereocenters. The fourth-order valence-corrected chi connectivity index (χ4v) is 6.90. The van der Waals surface area contributed by atoms with Crippen LogP contribution >= 0.6 is 11.3 Å². The molecule has 2 aliphatic rings. The monoisotopic (exact) mass is 501 g/mol. The molecule has 0 aliphatic carbocycles. The van der Waals surface area contributed by atoms with E-state index in [1.54, 1.807) is 11.3 Å². The van der Waals surface area contributed by atoms with Crippen LogP contribution < -0.4 is 4.74 Å². The average molecular weight is 502 g/mol. The molecule has 1 N–H and O–H groups in total. The second-order valence-corrected chi connectivity index (χ2v) is 10.9. The van der Waals surface area contributed by atoms with Crippen LogP contribution in [0.5, 0.6) is 5.75 Å². The molecule has 2 fully saturated rings. The molecule has 3 atom stereocenters. The summed E-state index contributed by atoms with van der Waals surface area (Å²) in [7, 11) is 0. The van der Waals surface area contributed by atoms with E-state index in [-0.39, 0.29) is 6.61 Å². The molecule has 2 saturated heterocycles. The lowest BCUT2D eigenvalue weighted by molar-refractivity contribution is 0.0314. The summed E-state index contributed by atoms with van der Waals surface area (Å²) in [6.07, 6.45) is 3.88. The van der Waals surface area contributed by atoms with E-state index in [1.807, 2.05) is 53.9 Å². The maximum Gasteiger partial charge on any atom is 0.178 e. The number of aliphatic hydroxyl groups is 1. The van der Waals surface area contributed by atoms with Crippen molar-refractivity contribution in [3.8, 4) is 17.0 Å². The quantitative estimate of drug-likeness (QED) is 0.299. The molecule has 7 nitrogen and oxygen atoms in total. The molecule has 5 aromatic rings. The summed E-state index contributed by atoms with van der Waals surface area (Å²) < 4.78 is 18.0. The van der Waals surface area contributed by atoms with Crippen LogP contribution in [0.3, 0.4) is 0 Å². The summed E-state index contributed by atoms with van der Waals surface area (Å²) in [4.78, 5) is 2.49. The highest BCUT2D eigenvalue weighted by atomic mass is 32.1. The molecule has 184 valence electrons. The summed E-state index contributed by atoms with van der Waals surface area (Å²) in [6.45, 7) is 0.879. The summed E-state index contributed by atoms with van der Waals surface area (Å²) in [5.74, 6) is 1.13. The normalized spacial score (nSPS) is 23.0. The number of fused-ring (bicyclic) bond motifs is 4. The van der Waals surface area contributed by atoms with Crippen LogP contribution in [-0.4, -0.2) is 51.7 Å². The fraction of sp³-hybridized carbons (Fsp3) is 0.357. The molecule has 36 heavy (non-hydrogen) atoms. The van der Waals surface area contributed by atoms with Crippen LogP contribution in [0.15, 0.2) is 69.0 Å². The number of hydrogen-bond donors (Lipinski definition) is 1. The van der Waals surface area contributed by atoms with Gasteiger partial charge in [-0.1, -0.05) is 34.6 Å². The van der Waals surface area contributed by atoms with E-state index in [9.17, 15) is 5.11 Å². The topological polar surface area (TPSA) is 84.8 Å². The second kappa shape index (κ2) is 9.03. The van der Waals surface area contributed by atoms with Crippen molar-refractivity contribution in [3.63, 3.8) is 0 Å². The van der Waals surface area contributed by atoms with Gasteiger partial charge in [-0.15, -0.1) is 11.3 Å². The summed E-state index contributed by atoms with van der Waals surface area (Å²) in [6, 6.07) is 18.8. The zero-order valence-corrected chi connectivity index (χ0v) is 20.6. The van der Waals surface area contributed by atoms with E-state index in [1.165, 1.54) is 12.8 Å². The van der Waals surface area contributed by atoms with Crippen LogP contribution in [-0.2, 0) is 0 Å². The lowest BCUT2D eigenvalue weighted by atomic mass is 9.86. The zero-order chi connectivity index (χ0) is 24.1. The smallest absolute Gasteiger partial charge is 0.178 e. The molecule has 0 radical (unpaired) electrons. The van der Waals surface area contributed by atoms with E-state index < -0.39 is 6.10 Å². The Morgan fingerprint density at radius 1 is 1.00 bits per heavy atom. The van der Waals surface area contributed by atoms with Gasteiger partial charge in [0, 0.05) is 35.5 Å². The molecular weight excluding hydrogens is 474 g/mol. The zero-order valence-electron chi connectivity index (χ0n) is 19.7. The van der Waals surface area contributed by atoms with Gasteiger partial charge < -0.3 is 18.9 Å². The predicted molar refractivity (Wildman–Crippen MR) is 138 cm³/mol. The van der Waals surface area contributed by atoms with Crippen molar-refractivity contribution in [2.75, 3.05) is 13.2 Å². The van der Waals surface area contributed by atoms with E-state index >= 15 is 0 Å². The third-order valence-corrected chi connectivity index (χ3v) is 8.63. The minimum Gasteiger partial charge on any atom is -0.491 e. The van der Waals surface area contributed by atoms with Gasteiger partial charge in [-0.2, -0.15) is 0 Å². The van der Waals surface area contributed by atoms with Crippen molar-refractivity contribution in [1.82, 2.24) is 15.2 Å². The molecule has 7 rings (SSSR count). The molecular formula is C28H27N3O4S. The number of aromatic nitrogens is 2. The average Bonchev–Trinajstić information content (AvgIpc) is 3.66. The third kappa shape index (κ3) is 3.89. The van der Waals surface area contributed by atoms with Crippen molar-refractivity contribution in [2.45, 2.75) is 49.8 Å². The van der Waals surface area contributed by atoms with E-state index in [0.29, 0.717) is 24.5 Å². The molecule has 2 aliphatic heterocycles. The molecule has 0 amide bonds. The van der Waals surface area contributed by atoms with Gasteiger partial charge in [0.2, 0.25) is 0 Å². The Morgan fingerprint density at radius 3 is 2.72 bits per heavy atom. The maximum atomic E-state index is 10.9. The number of benzene rings is 2. The lowest BCUT2D eigenvalue weighted by Crippen LogP contribution is -2.47. The first-order valence-corrected chi connectivity index (χ1v) is 13.4. The molecule has 2 aromatic carbocycles. The second-order valence-electron chi connectivity index (χ2n) is 9.95. The minimum absolute atomic E-state index is 0.254. The van der Waals surface area contributed by atoms with Crippen LogP contribution in [0.2, 0.25) is 0 Å². The van der Waals surface area contributed by atoms with Crippen molar-refractivity contribution in [2.24, 2.45) is 0 Å². The third-order valence-electron chi connectivity index (χ3n) is 7.73. The number of nitrogens with zero attached hydrogens (tertiary/aromatic N) is 3. The SMILES string of the molecule is O[C@@H](COc1cccc(-c2noc3ccsc23)c1)CN1C2CCC1CC(c1noc3ccccc13)C2. The van der Waals surface area contributed by atoms with Crippen LogP contribution in [0.25, 0.3) is 32.5 Å². The predicted octanol–water partition coefficient (Wildman–Crippen LogP) is 5.85. The van der Waals surface area contributed by atoms with Crippen molar-refractivity contribution in [1.29, 1.82) is 0 Å². The lowest BCUT2D eigenvalue weighted by Gasteiger charge is -2.39. The van der Waals surface area contributed by atoms with Crippen molar-refractivity contribution >= 4 is 32.6 Å². The molecule has 2 bridgehead atoms. The van der Waals surface area contributed by atoms with Gasteiger partial charge >= 0.3 is 0 Å². The molecule has 0 saturated carbocycles. The van der Waals surface area contributed by atoms with Crippen LogP contribution in [0, 0.1) is 0 Å². The number of rotatable bonds is 7. The number of hydrogen-bond acceptors (Lipinski definition) is 8. The number of thiophene rings is 1. The largest absolute Gasteiger partial charge is 0.491 e. The first-order chi connectivity index (χ1) is 17.7. The van der Waals surface area contributed by atoms with Gasteiger partial charge in [-0.3, -0.25) is 4.90 Å². The Morgan fingerprint density at radius 2 is 1.83 bits per heavy atom.